The highest BCUT2D eigenvalue weighted by molar-refractivity contribution is 6.30. The van der Waals surface area contributed by atoms with E-state index in [4.69, 9.17) is 16.3 Å². The molecule has 4 rings (SSSR count). The van der Waals surface area contributed by atoms with Crippen molar-refractivity contribution in [3.8, 4) is 0 Å². The van der Waals surface area contributed by atoms with Gasteiger partial charge in [-0.1, -0.05) is 23.7 Å². The Bertz CT molecular complexity index is 878. The molecule has 0 radical (unpaired) electrons. The summed E-state index contributed by atoms with van der Waals surface area (Å²) in [5, 5.41) is 0.695. The van der Waals surface area contributed by atoms with Gasteiger partial charge in [0.25, 0.3) is 0 Å². The minimum Gasteiger partial charge on any atom is -0.381 e. The van der Waals surface area contributed by atoms with Crippen LogP contribution >= 0.6 is 11.6 Å². The van der Waals surface area contributed by atoms with Crippen molar-refractivity contribution >= 4 is 23.3 Å². The smallest absolute Gasteiger partial charge is 0.233 e. The first-order valence-electron chi connectivity index (χ1n) is 10.8. The van der Waals surface area contributed by atoms with Crippen molar-refractivity contribution in [3.63, 3.8) is 0 Å². The highest BCUT2D eigenvalue weighted by Crippen LogP contribution is 2.39. The molecule has 2 aliphatic rings. The van der Waals surface area contributed by atoms with E-state index in [-0.39, 0.29) is 5.91 Å². The number of pyridine rings is 1. The first kappa shape index (κ1) is 21.1. The van der Waals surface area contributed by atoms with E-state index in [1.54, 1.807) is 0 Å². The lowest BCUT2D eigenvalue weighted by Gasteiger charge is -2.43. The van der Waals surface area contributed by atoms with Gasteiger partial charge in [-0.25, -0.2) is 4.98 Å². The van der Waals surface area contributed by atoms with Crippen LogP contribution in [0.4, 0.5) is 5.82 Å². The van der Waals surface area contributed by atoms with Gasteiger partial charge >= 0.3 is 0 Å². The standard InChI is InChI=1S/C24H30ClN3O2/c1-27(2)22-16-18(9-12-26-22)19-4-3-13-28(17-19)23(29)24(10-14-30-15-11-24)20-5-7-21(25)8-6-20/h5-9,12,16,19H,3-4,10-11,13-15,17H2,1-2H3. The van der Waals surface area contributed by atoms with Gasteiger partial charge in [0, 0.05) is 57.5 Å². The minimum atomic E-state index is -0.516. The number of rotatable bonds is 4. The van der Waals surface area contributed by atoms with Crippen LogP contribution in [0.25, 0.3) is 0 Å². The molecule has 0 N–H and O–H groups in total. The quantitative estimate of drug-likeness (QED) is 0.731. The average Bonchev–Trinajstić information content (AvgIpc) is 2.79. The number of nitrogens with zero attached hydrogens (tertiary/aromatic N) is 3. The number of carbonyl (C=O) groups excluding carboxylic acids is 1. The van der Waals surface area contributed by atoms with Gasteiger partial charge in [0.1, 0.15) is 5.82 Å². The summed E-state index contributed by atoms with van der Waals surface area (Å²) < 4.78 is 5.63. The minimum absolute atomic E-state index is 0.236. The maximum Gasteiger partial charge on any atom is 0.233 e. The van der Waals surface area contributed by atoms with Crippen LogP contribution in [0.15, 0.2) is 42.6 Å². The average molecular weight is 428 g/mol. The van der Waals surface area contributed by atoms with Gasteiger partial charge in [0.15, 0.2) is 0 Å². The van der Waals surface area contributed by atoms with Crippen molar-refractivity contribution in [1.82, 2.24) is 9.88 Å². The second-order valence-electron chi connectivity index (χ2n) is 8.63. The van der Waals surface area contributed by atoms with Crippen LogP contribution in [0.2, 0.25) is 5.02 Å². The van der Waals surface area contributed by atoms with Gasteiger partial charge in [-0.2, -0.15) is 0 Å². The molecule has 0 bridgehead atoms. The van der Waals surface area contributed by atoms with Gasteiger partial charge in [-0.15, -0.1) is 0 Å². The Morgan fingerprint density at radius 1 is 1.20 bits per heavy atom. The summed E-state index contributed by atoms with van der Waals surface area (Å²) in [5.41, 5.74) is 1.80. The SMILES string of the molecule is CN(C)c1cc(C2CCCN(C(=O)C3(c4ccc(Cl)cc4)CCOCC3)C2)ccn1. The molecule has 1 atom stereocenters. The fraction of sp³-hybridized carbons (Fsp3) is 0.500. The molecule has 2 aromatic rings. The Balaban J connectivity index is 1.59. The maximum absolute atomic E-state index is 13.9. The van der Waals surface area contributed by atoms with E-state index in [9.17, 15) is 4.79 Å². The monoisotopic (exact) mass is 427 g/mol. The zero-order valence-corrected chi connectivity index (χ0v) is 18.6. The molecule has 1 unspecified atom stereocenters. The molecule has 0 aliphatic carbocycles. The molecule has 6 heteroatoms. The Hall–Kier alpha value is -2.11. The summed E-state index contributed by atoms with van der Waals surface area (Å²) in [6.07, 6.45) is 5.42. The van der Waals surface area contributed by atoms with E-state index in [1.807, 2.05) is 49.5 Å². The number of hydrogen-bond acceptors (Lipinski definition) is 4. The lowest BCUT2D eigenvalue weighted by molar-refractivity contribution is -0.142. The first-order chi connectivity index (χ1) is 14.5. The van der Waals surface area contributed by atoms with Crippen molar-refractivity contribution in [2.45, 2.75) is 37.0 Å². The van der Waals surface area contributed by atoms with Crippen molar-refractivity contribution in [3.05, 3.63) is 58.7 Å². The van der Waals surface area contributed by atoms with Crippen LogP contribution in [0, 0.1) is 0 Å². The third-order valence-electron chi connectivity index (χ3n) is 6.56. The van der Waals surface area contributed by atoms with E-state index in [0.717, 1.165) is 37.3 Å². The molecular formula is C24H30ClN3O2. The highest BCUT2D eigenvalue weighted by Gasteiger charge is 2.45. The molecule has 1 aromatic carbocycles. The molecule has 1 aromatic heterocycles. The normalized spacial score (nSPS) is 21.3. The number of anilines is 1. The molecule has 2 fully saturated rings. The predicted molar refractivity (Wildman–Crippen MR) is 120 cm³/mol. The molecule has 30 heavy (non-hydrogen) atoms. The van der Waals surface area contributed by atoms with Crippen molar-refractivity contribution in [2.24, 2.45) is 0 Å². The van der Waals surface area contributed by atoms with E-state index in [1.165, 1.54) is 5.56 Å². The number of amides is 1. The lowest BCUT2D eigenvalue weighted by atomic mass is 9.72. The zero-order valence-electron chi connectivity index (χ0n) is 17.8. The number of benzene rings is 1. The van der Waals surface area contributed by atoms with Gasteiger partial charge in [-0.05, 0) is 61.1 Å². The molecule has 2 aliphatic heterocycles. The number of piperidine rings is 1. The second-order valence-corrected chi connectivity index (χ2v) is 9.07. The third-order valence-corrected chi connectivity index (χ3v) is 6.81. The van der Waals surface area contributed by atoms with Gasteiger partial charge < -0.3 is 14.5 Å². The lowest BCUT2D eigenvalue weighted by Crippen LogP contribution is -2.52. The van der Waals surface area contributed by atoms with Crippen molar-refractivity contribution in [1.29, 1.82) is 0 Å². The number of carbonyl (C=O) groups is 1. The zero-order chi connectivity index (χ0) is 21.1. The molecule has 2 saturated heterocycles. The van der Waals surface area contributed by atoms with E-state index in [2.05, 4.69) is 22.0 Å². The third kappa shape index (κ3) is 4.19. The van der Waals surface area contributed by atoms with Crippen LogP contribution in [-0.2, 0) is 14.9 Å². The predicted octanol–water partition coefficient (Wildman–Crippen LogP) is 4.26. The molecule has 5 nitrogen and oxygen atoms in total. The Labute approximate surface area is 184 Å². The van der Waals surface area contributed by atoms with Gasteiger partial charge in [-0.3, -0.25) is 4.79 Å². The maximum atomic E-state index is 13.9. The molecular weight excluding hydrogens is 398 g/mol. The topological polar surface area (TPSA) is 45.7 Å². The van der Waals surface area contributed by atoms with Crippen molar-refractivity contribution < 1.29 is 9.53 Å². The summed E-state index contributed by atoms with van der Waals surface area (Å²) in [4.78, 5) is 22.5. The molecule has 0 saturated carbocycles. The van der Waals surface area contributed by atoms with E-state index < -0.39 is 5.41 Å². The van der Waals surface area contributed by atoms with Crippen LogP contribution in [-0.4, -0.2) is 56.2 Å². The largest absolute Gasteiger partial charge is 0.381 e. The summed E-state index contributed by atoms with van der Waals surface area (Å²) in [7, 11) is 4.01. The summed E-state index contributed by atoms with van der Waals surface area (Å²) in [6, 6.07) is 12.1. The number of halogens is 1. The first-order valence-corrected chi connectivity index (χ1v) is 11.1. The number of hydrogen-bond donors (Lipinski definition) is 0. The van der Waals surface area contributed by atoms with Crippen LogP contribution in [0.5, 0.6) is 0 Å². The van der Waals surface area contributed by atoms with E-state index >= 15 is 0 Å². The van der Waals surface area contributed by atoms with Gasteiger partial charge in [0.05, 0.1) is 5.41 Å². The number of aromatic nitrogens is 1. The Morgan fingerprint density at radius 2 is 1.93 bits per heavy atom. The fourth-order valence-electron chi connectivity index (χ4n) is 4.78. The van der Waals surface area contributed by atoms with E-state index in [0.29, 0.717) is 37.0 Å². The second kappa shape index (κ2) is 8.94. The molecule has 3 heterocycles. The van der Waals surface area contributed by atoms with Crippen molar-refractivity contribution in [2.75, 3.05) is 45.3 Å². The van der Waals surface area contributed by atoms with Gasteiger partial charge in [0.2, 0.25) is 5.91 Å². The molecule has 0 spiro atoms. The Morgan fingerprint density at radius 3 is 2.63 bits per heavy atom. The highest BCUT2D eigenvalue weighted by atomic mass is 35.5. The van der Waals surface area contributed by atoms with Crippen LogP contribution in [0.1, 0.15) is 42.7 Å². The summed E-state index contributed by atoms with van der Waals surface area (Å²) >= 11 is 6.12. The van der Waals surface area contributed by atoms with Crippen LogP contribution in [0.3, 0.4) is 0 Å². The number of ether oxygens (including phenoxy) is 1. The summed E-state index contributed by atoms with van der Waals surface area (Å²) in [5.74, 6) is 1.53. The number of likely N-dealkylation sites (tertiary alicyclic amines) is 1. The molecule has 160 valence electrons. The van der Waals surface area contributed by atoms with Crippen LogP contribution < -0.4 is 4.90 Å². The Kier molecular flexibility index (Phi) is 6.30. The molecule has 1 amide bonds. The summed E-state index contributed by atoms with van der Waals surface area (Å²) in [6.45, 7) is 2.80. The fourth-order valence-corrected chi connectivity index (χ4v) is 4.91.